The van der Waals surface area contributed by atoms with E-state index in [1.54, 1.807) is 0 Å². The van der Waals surface area contributed by atoms with Crippen molar-refractivity contribution in [2.24, 2.45) is 0 Å². The van der Waals surface area contributed by atoms with Crippen molar-refractivity contribution in [3.63, 3.8) is 0 Å². The Labute approximate surface area is 163 Å². The van der Waals surface area contributed by atoms with E-state index in [1.807, 2.05) is 13.8 Å². The largest absolute Gasteiger partial charge is 0.330 e. The van der Waals surface area contributed by atoms with Gasteiger partial charge in [-0.2, -0.15) is 0 Å². The molecule has 156 valence electrons. The van der Waals surface area contributed by atoms with Crippen LogP contribution in [0.4, 0.5) is 0 Å². The van der Waals surface area contributed by atoms with Crippen LogP contribution in [-0.4, -0.2) is 19.4 Å². The normalized spacial score (nSPS) is 12.3. The molecule has 3 nitrogen and oxygen atoms in total. The quantitative estimate of drug-likeness (QED) is 0.119. The van der Waals surface area contributed by atoms with Crippen LogP contribution in [0.15, 0.2) is 12.2 Å². The van der Waals surface area contributed by atoms with Crippen molar-refractivity contribution in [2.45, 2.75) is 111 Å². The molecule has 0 heterocycles. The zero-order chi connectivity index (χ0) is 19.3. The van der Waals surface area contributed by atoms with Gasteiger partial charge in [-0.05, 0) is 46.0 Å². The Morgan fingerprint density at radius 3 is 1.50 bits per heavy atom. The molecule has 0 spiro atoms. The van der Waals surface area contributed by atoms with E-state index in [0.29, 0.717) is 19.4 Å². The predicted molar refractivity (Wildman–Crippen MR) is 115 cm³/mol. The van der Waals surface area contributed by atoms with Crippen LogP contribution in [0, 0.1) is 0 Å². The third-order valence-corrected chi connectivity index (χ3v) is 6.76. The fourth-order valence-electron chi connectivity index (χ4n) is 3.11. The lowest BCUT2D eigenvalue weighted by atomic mass is 10.1. The maximum Gasteiger partial charge on any atom is 0.330 e. The summed E-state index contributed by atoms with van der Waals surface area (Å²) in [5.74, 6) is 0. The SMILES string of the molecule is CCCCCCCC/C=C\CCCCCCCCP(=O)(OCC)OCC. The lowest BCUT2D eigenvalue weighted by Gasteiger charge is -2.16. The summed E-state index contributed by atoms with van der Waals surface area (Å²) in [5.41, 5.74) is 0. The van der Waals surface area contributed by atoms with E-state index < -0.39 is 7.60 Å². The minimum atomic E-state index is -2.82. The van der Waals surface area contributed by atoms with Crippen molar-refractivity contribution in [1.29, 1.82) is 0 Å². The van der Waals surface area contributed by atoms with Crippen LogP contribution >= 0.6 is 7.60 Å². The number of hydrogen-bond acceptors (Lipinski definition) is 3. The zero-order valence-electron chi connectivity index (χ0n) is 17.8. The van der Waals surface area contributed by atoms with Gasteiger partial charge in [0.1, 0.15) is 0 Å². The van der Waals surface area contributed by atoms with Crippen LogP contribution in [0.2, 0.25) is 0 Å². The molecule has 26 heavy (non-hydrogen) atoms. The highest BCUT2D eigenvalue weighted by Gasteiger charge is 2.22. The summed E-state index contributed by atoms with van der Waals surface area (Å²) in [6.07, 6.45) is 23.2. The lowest BCUT2D eigenvalue weighted by molar-refractivity contribution is 0.219. The van der Waals surface area contributed by atoms with E-state index >= 15 is 0 Å². The van der Waals surface area contributed by atoms with Gasteiger partial charge in [-0.3, -0.25) is 4.57 Å². The molecule has 0 N–H and O–H groups in total. The van der Waals surface area contributed by atoms with Crippen molar-refractivity contribution in [3.8, 4) is 0 Å². The van der Waals surface area contributed by atoms with Crippen LogP contribution < -0.4 is 0 Å². The smallest absolute Gasteiger partial charge is 0.309 e. The minimum Gasteiger partial charge on any atom is -0.309 e. The summed E-state index contributed by atoms with van der Waals surface area (Å²) < 4.78 is 22.9. The molecule has 0 aliphatic heterocycles. The van der Waals surface area contributed by atoms with Crippen molar-refractivity contribution in [1.82, 2.24) is 0 Å². The van der Waals surface area contributed by atoms with Crippen molar-refractivity contribution >= 4 is 7.60 Å². The highest BCUT2D eigenvalue weighted by molar-refractivity contribution is 7.53. The average Bonchev–Trinajstić information content (AvgIpc) is 2.62. The monoisotopic (exact) mass is 388 g/mol. The van der Waals surface area contributed by atoms with Gasteiger partial charge in [-0.15, -0.1) is 0 Å². The van der Waals surface area contributed by atoms with Gasteiger partial charge in [0.2, 0.25) is 0 Å². The average molecular weight is 389 g/mol. The lowest BCUT2D eigenvalue weighted by Crippen LogP contribution is -2.00. The molecule has 0 aliphatic rings. The first-order valence-corrected chi connectivity index (χ1v) is 12.9. The first-order valence-electron chi connectivity index (χ1n) is 11.2. The Kier molecular flexibility index (Phi) is 19.6. The molecule has 4 heteroatoms. The van der Waals surface area contributed by atoms with Gasteiger partial charge in [0.05, 0.1) is 19.4 Å². The summed E-state index contributed by atoms with van der Waals surface area (Å²) in [6.45, 7) is 6.93. The molecule has 0 saturated heterocycles. The number of unbranched alkanes of at least 4 members (excludes halogenated alkanes) is 12. The molecule has 0 saturated carbocycles. The van der Waals surface area contributed by atoms with Gasteiger partial charge in [-0.1, -0.05) is 76.9 Å². The van der Waals surface area contributed by atoms with E-state index in [-0.39, 0.29) is 0 Å². The standard InChI is InChI=1S/C22H45O3P/c1-4-7-8-9-10-11-12-13-14-15-16-17-18-19-20-21-22-26(23,24-5-2)25-6-3/h13-14H,4-12,15-22H2,1-3H3/b14-13-. The van der Waals surface area contributed by atoms with Crippen LogP contribution in [0.5, 0.6) is 0 Å². The summed E-state index contributed by atoms with van der Waals surface area (Å²) in [5, 5.41) is 0. The molecule has 0 atom stereocenters. The van der Waals surface area contributed by atoms with Crippen molar-refractivity contribution in [3.05, 3.63) is 12.2 Å². The molecular weight excluding hydrogens is 343 g/mol. The Hall–Kier alpha value is -0.110. The van der Waals surface area contributed by atoms with Crippen LogP contribution in [0.1, 0.15) is 111 Å². The Bertz CT molecular complexity index is 345. The Morgan fingerprint density at radius 1 is 0.615 bits per heavy atom. The van der Waals surface area contributed by atoms with Gasteiger partial charge in [0, 0.05) is 0 Å². The van der Waals surface area contributed by atoms with Gasteiger partial charge in [0.15, 0.2) is 0 Å². The highest BCUT2D eigenvalue weighted by atomic mass is 31.2. The second-order valence-corrected chi connectivity index (χ2v) is 9.29. The number of hydrogen-bond donors (Lipinski definition) is 0. The first-order chi connectivity index (χ1) is 12.7. The third-order valence-electron chi connectivity index (χ3n) is 4.60. The number of rotatable bonds is 20. The van der Waals surface area contributed by atoms with Gasteiger partial charge >= 0.3 is 7.60 Å². The summed E-state index contributed by atoms with van der Waals surface area (Å²) in [6, 6.07) is 0. The second-order valence-electron chi connectivity index (χ2n) is 7.11. The summed E-state index contributed by atoms with van der Waals surface area (Å²) >= 11 is 0. The molecule has 0 radical (unpaired) electrons. The van der Waals surface area contributed by atoms with Gasteiger partial charge in [0.25, 0.3) is 0 Å². The minimum absolute atomic E-state index is 0.462. The van der Waals surface area contributed by atoms with E-state index in [9.17, 15) is 4.57 Å². The van der Waals surface area contributed by atoms with Crippen molar-refractivity contribution in [2.75, 3.05) is 19.4 Å². The van der Waals surface area contributed by atoms with Crippen LogP contribution in [0.25, 0.3) is 0 Å². The maximum atomic E-state index is 12.3. The third kappa shape index (κ3) is 17.3. The van der Waals surface area contributed by atoms with Gasteiger partial charge < -0.3 is 9.05 Å². The van der Waals surface area contributed by atoms with Crippen LogP contribution in [-0.2, 0) is 13.6 Å². The van der Waals surface area contributed by atoms with E-state index in [1.165, 1.54) is 77.0 Å². The summed E-state index contributed by atoms with van der Waals surface area (Å²) in [4.78, 5) is 0. The fraction of sp³-hybridized carbons (Fsp3) is 0.909. The number of allylic oxidation sites excluding steroid dienone is 2. The topological polar surface area (TPSA) is 35.5 Å². The molecule has 0 unspecified atom stereocenters. The van der Waals surface area contributed by atoms with Crippen LogP contribution in [0.3, 0.4) is 0 Å². The first kappa shape index (κ1) is 25.9. The molecular formula is C22H45O3P. The Morgan fingerprint density at radius 2 is 1.04 bits per heavy atom. The molecule has 0 amide bonds. The molecule has 0 fully saturated rings. The molecule has 0 rings (SSSR count). The molecule has 0 aromatic heterocycles. The summed E-state index contributed by atoms with van der Waals surface area (Å²) in [7, 11) is -2.82. The fourth-order valence-corrected chi connectivity index (χ4v) is 4.84. The second kappa shape index (κ2) is 19.6. The van der Waals surface area contributed by atoms with Crippen molar-refractivity contribution < 1.29 is 13.6 Å². The highest BCUT2D eigenvalue weighted by Crippen LogP contribution is 2.48. The van der Waals surface area contributed by atoms with Gasteiger partial charge in [-0.25, -0.2) is 0 Å². The molecule has 0 bridgehead atoms. The van der Waals surface area contributed by atoms with E-state index in [0.717, 1.165) is 12.8 Å². The molecule has 0 aliphatic carbocycles. The Balaban J connectivity index is 3.37. The predicted octanol–water partition coefficient (Wildman–Crippen LogP) is 8.29. The molecule has 0 aromatic rings. The maximum absolute atomic E-state index is 12.3. The van der Waals surface area contributed by atoms with E-state index in [4.69, 9.17) is 9.05 Å². The molecule has 0 aromatic carbocycles. The van der Waals surface area contributed by atoms with E-state index in [2.05, 4.69) is 19.1 Å². The zero-order valence-corrected chi connectivity index (χ0v) is 18.7.